The van der Waals surface area contributed by atoms with Crippen molar-refractivity contribution < 1.29 is 0 Å². The second-order valence-corrected chi connectivity index (χ2v) is 6.54. The zero-order chi connectivity index (χ0) is 16.5. The molecule has 5 heteroatoms. The van der Waals surface area contributed by atoms with Crippen molar-refractivity contribution in [1.82, 2.24) is 24.4 Å². The van der Waals surface area contributed by atoms with Gasteiger partial charge in [-0.1, -0.05) is 19.1 Å². The number of aromatic nitrogens is 4. The smallest absolute Gasteiger partial charge is 0.128 e. The summed E-state index contributed by atoms with van der Waals surface area (Å²) in [6.07, 6.45) is 5.08. The summed E-state index contributed by atoms with van der Waals surface area (Å²) in [6.45, 7) is 4.96. The molecule has 0 saturated carbocycles. The Labute approximate surface area is 142 Å². The van der Waals surface area contributed by atoms with Gasteiger partial charge in [0.1, 0.15) is 11.6 Å². The van der Waals surface area contributed by atoms with E-state index in [2.05, 4.69) is 46.6 Å². The van der Waals surface area contributed by atoms with Crippen molar-refractivity contribution in [3.8, 4) is 0 Å². The molecule has 0 unspecified atom stereocenters. The minimum absolute atomic E-state index is 0.862. The molecule has 0 saturated heterocycles. The lowest BCUT2D eigenvalue weighted by atomic mass is 10.1. The lowest BCUT2D eigenvalue weighted by molar-refractivity contribution is 0.234. The third-order valence-corrected chi connectivity index (χ3v) is 4.78. The third kappa shape index (κ3) is 2.80. The van der Waals surface area contributed by atoms with Crippen molar-refractivity contribution in [2.24, 2.45) is 7.05 Å². The van der Waals surface area contributed by atoms with Gasteiger partial charge in [-0.15, -0.1) is 0 Å². The van der Waals surface area contributed by atoms with Gasteiger partial charge in [0.2, 0.25) is 0 Å². The summed E-state index contributed by atoms with van der Waals surface area (Å²) in [4.78, 5) is 16.5. The van der Waals surface area contributed by atoms with Crippen molar-refractivity contribution >= 4 is 11.0 Å². The van der Waals surface area contributed by atoms with E-state index in [0.29, 0.717) is 0 Å². The average Bonchev–Trinajstić information content (AvgIpc) is 2.92. The SMILES string of the molecule is CCCc1ncc2c(n1)CCN(Cc1nc3ccccc3n1C)C2. The summed E-state index contributed by atoms with van der Waals surface area (Å²) in [5, 5.41) is 0. The first-order chi connectivity index (χ1) is 11.7. The Morgan fingerprint density at radius 1 is 1.17 bits per heavy atom. The maximum Gasteiger partial charge on any atom is 0.128 e. The Kier molecular flexibility index (Phi) is 4.02. The number of imidazole rings is 1. The second-order valence-electron chi connectivity index (χ2n) is 6.54. The lowest BCUT2D eigenvalue weighted by Gasteiger charge is -2.27. The highest BCUT2D eigenvalue weighted by atomic mass is 15.2. The van der Waals surface area contributed by atoms with Gasteiger partial charge in [0, 0.05) is 50.4 Å². The monoisotopic (exact) mass is 321 g/mol. The van der Waals surface area contributed by atoms with E-state index >= 15 is 0 Å². The molecule has 0 fully saturated rings. The fourth-order valence-electron chi connectivity index (χ4n) is 3.43. The number of hydrogen-bond acceptors (Lipinski definition) is 4. The molecule has 124 valence electrons. The predicted molar refractivity (Wildman–Crippen MR) is 94.6 cm³/mol. The lowest BCUT2D eigenvalue weighted by Crippen LogP contribution is -2.32. The first-order valence-corrected chi connectivity index (χ1v) is 8.71. The number of fused-ring (bicyclic) bond motifs is 2. The molecule has 0 N–H and O–H groups in total. The number of nitrogens with zero attached hydrogens (tertiary/aromatic N) is 5. The maximum absolute atomic E-state index is 4.79. The molecule has 3 heterocycles. The Hall–Kier alpha value is -2.27. The van der Waals surface area contributed by atoms with Crippen molar-refractivity contribution in [3.05, 3.63) is 53.4 Å². The van der Waals surface area contributed by atoms with Gasteiger partial charge in [-0.25, -0.2) is 15.0 Å². The molecule has 24 heavy (non-hydrogen) atoms. The molecule has 0 aliphatic carbocycles. The molecule has 1 aromatic carbocycles. The van der Waals surface area contributed by atoms with Gasteiger partial charge in [0.05, 0.1) is 17.6 Å². The topological polar surface area (TPSA) is 46.8 Å². The van der Waals surface area contributed by atoms with Gasteiger partial charge in [0.25, 0.3) is 0 Å². The van der Waals surface area contributed by atoms with E-state index in [1.807, 2.05) is 12.3 Å². The number of aryl methyl sites for hydroxylation is 2. The van der Waals surface area contributed by atoms with Crippen LogP contribution in [0.3, 0.4) is 0 Å². The van der Waals surface area contributed by atoms with E-state index in [4.69, 9.17) is 9.97 Å². The van der Waals surface area contributed by atoms with Crippen LogP contribution in [0.4, 0.5) is 0 Å². The molecule has 0 atom stereocenters. The molecule has 0 spiro atoms. The van der Waals surface area contributed by atoms with Gasteiger partial charge < -0.3 is 4.57 Å². The van der Waals surface area contributed by atoms with Crippen LogP contribution >= 0.6 is 0 Å². The number of benzene rings is 1. The van der Waals surface area contributed by atoms with Gasteiger partial charge in [0.15, 0.2) is 0 Å². The van der Waals surface area contributed by atoms with E-state index in [1.54, 1.807) is 0 Å². The highest BCUT2D eigenvalue weighted by Gasteiger charge is 2.20. The minimum atomic E-state index is 0.862. The van der Waals surface area contributed by atoms with Crippen molar-refractivity contribution in [1.29, 1.82) is 0 Å². The van der Waals surface area contributed by atoms with Gasteiger partial charge in [-0.2, -0.15) is 0 Å². The average molecular weight is 321 g/mol. The molecule has 4 rings (SSSR count). The van der Waals surface area contributed by atoms with Crippen molar-refractivity contribution in [3.63, 3.8) is 0 Å². The van der Waals surface area contributed by atoms with E-state index in [0.717, 1.165) is 56.1 Å². The summed E-state index contributed by atoms with van der Waals surface area (Å²) >= 11 is 0. The summed E-state index contributed by atoms with van der Waals surface area (Å²) in [5.41, 5.74) is 4.76. The fourth-order valence-corrected chi connectivity index (χ4v) is 3.43. The summed E-state index contributed by atoms with van der Waals surface area (Å²) in [5.74, 6) is 2.10. The second kappa shape index (κ2) is 6.32. The molecular weight excluding hydrogens is 298 g/mol. The zero-order valence-corrected chi connectivity index (χ0v) is 14.4. The molecule has 0 amide bonds. The van der Waals surface area contributed by atoms with E-state index in [9.17, 15) is 0 Å². The summed E-state index contributed by atoms with van der Waals surface area (Å²) in [6, 6.07) is 8.31. The van der Waals surface area contributed by atoms with Gasteiger partial charge in [-0.05, 0) is 18.6 Å². The Morgan fingerprint density at radius 3 is 2.88 bits per heavy atom. The Morgan fingerprint density at radius 2 is 2.04 bits per heavy atom. The van der Waals surface area contributed by atoms with Crippen molar-refractivity contribution in [2.75, 3.05) is 6.54 Å². The van der Waals surface area contributed by atoms with Crippen LogP contribution in [-0.2, 0) is 33.0 Å². The minimum Gasteiger partial charge on any atom is -0.330 e. The van der Waals surface area contributed by atoms with E-state index in [-0.39, 0.29) is 0 Å². The van der Waals surface area contributed by atoms with E-state index in [1.165, 1.54) is 16.8 Å². The van der Waals surface area contributed by atoms with Crippen LogP contribution < -0.4 is 0 Å². The van der Waals surface area contributed by atoms with Gasteiger partial charge in [-0.3, -0.25) is 4.90 Å². The van der Waals surface area contributed by atoms with Crippen LogP contribution in [0.5, 0.6) is 0 Å². The summed E-state index contributed by atoms with van der Waals surface area (Å²) < 4.78 is 2.20. The molecule has 0 radical (unpaired) electrons. The van der Waals surface area contributed by atoms with Gasteiger partial charge >= 0.3 is 0 Å². The molecule has 1 aliphatic heterocycles. The van der Waals surface area contributed by atoms with Crippen LogP contribution in [-0.4, -0.2) is 31.0 Å². The molecular formula is C19H23N5. The molecule has 5 nitrogen and oxygen atoms in total. The molecule has 1 aliphatic rings. The molecule has 3 aromatic rings. The predicted octanol–water partition coefficient (Wildman–Crippen LogP) is 2.87. The first kappa shape index (κ1) is 15.3. The highest BCUT2D eigenvalue weighted by molar-refractivity contribution is 5.75. The standard InChI is InChI=1S/C19H23N5/c1-3-6-18-20-11-14-12-24(10-9-15(14)21-18)13-19-22-16-7-4-5-8-17(16)23(19)2/h4-5,7-8,11H,3,6,9-10,12-13H2,1-2H3. The largest absolute Gasteiger partial charge is 0.330 e. The number of rotatable bonds is 4. The van der Waals surface area contributed by atoms with Crippen LogP contribution in [0.15, 0.2) is 30.5 Å². The van der Waals surface area contributed by atoms with Crippen LogP contribution in [0.1, 0.15) is 36.3 Å². The fraction of sp³-hybridized carbons (Fsp3) is 0.421. The quantitative estimate of drug-likeness (QED) is 0.741. The molecule has 2 aromatic heterocycles. The Balaban J connectivity index is 1.53. The number of para-hydroxylation sites is 2. The van der Waals surface area contributed by atoms with Crippen LogP contribution in [0.25, 0.3) is 11.0 Å². The normalized spacial score (nSPS) is 14.9. The van der Waals surface area contributed by atoms with Crippen LogP contribution in [0, 0.1) is 0 Å². The summed E-state index contributed by atoms with van der Waals surface area (Å²) in [7, 11) is 2.10. The van der Waals surface area contributed by atoms with Crippen molar-refractivity contribution in [2.45, 2.75) is 39.3 Å². The Bertz CT molecular complexity index is 867. The van der Waals surface area contributed by atoms with E-state index < -0.39 is 0 Å². The third-order valence-electron chi connectivity index (χ3n) is 4.78. The first-order valence-electron chi connectivity index (χ1n) is 8.71. The highest BCUT2D eigenvalue weighted by Crippen LogP contribution is 2.20. The number of hydrogen-bond donors (Lipinski definition) is 0. The maximum atomic E-state index is 4.79. The van der Waals surface area contributed by atoms with Crippen LogP contribution in [0.2, 0.25) is 0 Å². The zero-order valence-electron chi connectivity index (χ0n) is 14.4. The molecule has 0 bridgehead atoms.